The fraction of sp³-hybridized carbons (Fsp3) is 0.0698. The average Bonchev–Trinajstić information content (AvgIpc) is 3.30. The highest BCUT2D eigenvalue weighted by atomic mass is 14.4. The molecule has 0 nitrogen and oxygen atoms in total. The molecule has 0 radical (unpaired) electrons. The number of fused-ring (bicyclic) bond motifs is 3. The van der Waals surface area contributed by atoms with Crippen LogP contribution in [0.4, 0.5) is 0 Å². The quantitative estimate of drug-likeness (QED) is 0.193. The molecule has 8 aromatic carbocycles. The van der Waals surface area contributed by atoms with Crippen molar-refractivity contribution in [1.82, 2.24) is 0 Å². The SMILES string of the molecule is CC1(C)c2ccccc2-c2ccc(-c3cc(-c4ccccc4)c4ccc5ccc(-c6ccccc6)c6ccc3c4c56)cc21. The van der Waals surface area contributed by atoms with Crippen LogP contribution in [0.3, 0.4) is 0 Å². The first kappa shape index (κ1) is 24.4. The maximum Gasteiger partial charge on any atom is 0.0159 e. The first-order valence-electron chi connectivity index (χ1n) is 15.2. The Bertz CT molecular complexity index is 2340. The van der Waals surface area contributed by atoms with Crippen LogP contribution in [0.25, 0.3) is 76.8 Å². The van der Waals surface area contributed by atoms with Gasteiger partial charge in [0.25, 0.3) is 0 Å². The van der Waals surface area contributed by atoms with Gasteiger partial charge in [-0.25, -0.2) is 0 Å². The zero-order valence-corrected chi connectivity index (χ0v) is 24.4. The van der Waals surface area contributed by atoms with Crippen LogP contribution in [0.1, 0.15) is 25.0 Å². The molecule has 0 heteroatoms. The monoisotopic (exact) mass is 546 g/mol. The van der Waals surface area contributed by atoms with E-state index in [1.165, 1.54) is 88.0 Å². The van der Waals surface area contributed by atoms with E-state index in [1.54, 1.807) is 0 Å². The number of hydrogen-bond donors (Lipinski definition) is 0. The largest absolute Gasteiger partial charge is 0.0622 e. The Kier molecular flexibility index (Phi) is 5.05. The summed E-state index contributed by atoms with van der Waals surface area (Å²) in [7, 11) is 0. The van der Waals surface area contributed by atoms with Crippen molar-refractivity contribution in [2.75, 3.05) is 0 Å². The Morgan fingerprint density at radius 3 is 1.63 bits per heavy atom. The Labute approximate surface area is 252 Å². The highest BCUT2D eigenvalue weighted by molar-refractivity contribution is 6.30. The van der Waals surface area contributed by atoms with Gasteiger partial charge in [-0.1, -0.05) is 147 Å². The molecule has 43 heavy (non-hydrogen) atoms. The van der Waals surface area contributed by atoms with E-state index in [1.807, 2.05) is 0 Å². The summed E-state index contributed by atoms with van der Waals surface area (Å²) in [6.45, 7) is 4.73. The molecule has 0 amide bonds. The molecule has 0 aromatic heterocycles. The van der Waals surface area contributed by atoms with E-state index in [9.17, 15) is 0 Å². The molecule has 9 rings (SSSR count). The minimum Gasteiger partial charge on any atom is -0.0622 e. The molecule has 0 heterocycles. The van der Waals surface area contributed by atoms with Crippen LogP contribution in [-0.2, 0) is 5.41 Å². The molecule has 0 aliphatic heterocycles. The first-order chi connectivity index (χ1) is 21.1. The fourth-order valence-electron chi connectivity index (χ4n) is 7.73. The Morgan fingerprint density at radius 2 is 0.884 bits per heavy atom. The smallest absolute Gasteiger partial charge is 0.0159 e. The lowest BCUT2D eigenvalue weighted by Crippen LogP contribution is -2.14. The molecular formula is C43H30. The lowest BCUT2D eigenvalue weighted by Gasteiger charge is -2.23. The van der Waals surface area contributed by atoms with Crippen LogP contribution in [0.5, 0.6) is 0 Å². The number of benzene rings is 8. The summed E-state index contributed by atoms with van der Waals surface area (Å²) >= 11 is 0. The van der Waals surface area contributed by atoms with Crippen LogP contribution >= 0.6 is 0 Å². The maximum absolute atomic E-state index is 2.46. The average molecular weight is 547 g/mol. The summed E-state index contributed by atoms with van der Waals surface area (Å²) in [6.07, 6.45) is 0. The van der Waals surface area contributed by atoms with Crippen molar-refractivity contribution < 1.29 is 0 Å². The normalized spacial score (nSPS) is 13.5. The summed E-state index contributed by atoms with van der Waals surface area (Å²) in [5.41, 5.74) is 13.1. The van der Waals surface area contributed by atoms with Gasteiger partial charge in [0, 0.05) is 5.41 Å². The lowest BCUT2D eigenvalue weighted by molar-refractivity contribution is 0.660. The van der Waals surface area contributed by atoms with Crippen molar-refractivity contribution >= 4 is 32.3 Å². The minimum absolute atomic E-state index is 0.0431. The van der Waals surface area contributed by atoms with E-state index < -0.39 is 0 Å². The highest BCUT2D eigenvalue weighted by Crippen LogP contribution is 2.51. The molecule has 0 atom stereocenters. The fourth-order valence-corrected chi connectivity index (χ4v) is 7.73. The Balaban J connectivity index is 1.38. The van der Waals surface area contributed by atoms with Crippen LogP contribution in [0.2, 0.25) is 0 Å². The van der Waals surface area contributed by atoms with E-state index in [2.05, 4.69) is 159 Å². The van der Waals surface area contributed by atoms with Crippen molar-refractivity contribution in [2.45, 2.75) is 19.3 Å². The standard InChI is InChI=1S/C43H30/c1-43(2)39-16-10-9-15-32(39)33-21-19-30(25-40(33)43)38-26-37(28-13-7-4-8-14-28)35-22-18-29-17-20-31(27-11-5-3-6-12-27)34-23-24-36(38)42(35)41(29)34/h3-26H,1-2H3. The molecule has 0 saturated carbocycles. The van der Waals surface area contributed by atoms with Crippen molar-refractivity contribution in [3.8, 4) is 44.5 Å². The van der Waals surface area contributed by atoms with Crippen LogP contribution in [0.15, 0.2) is 146 Å². The number of hydrogen-bond acceptors (Lipinski definition) is 0. The Morgan fingerprint density at radius 1 is 0.349 bits per heavy atom. The third-order valence-corrected chi connectivity index (χ3v) is 9.85. The highest BCUT2D eigenvalue weighted by Gasteiger charge is 2.35. The Hall–Kier alpha value is -5.20. The molecule has 0 fully saturated rings. The van der Waals surface area contributed by atoms with Crippen molar-refractivity contribution in [1.29, 1.82) is 0 Å². The second kappa shape index (κ2) is 8.90. The van der Waals surface area contributed by atoms with Crippen LogP contribution < -0.4 is 0 Å². The van der Waals surface area contributed by atoms with Gasteiger partial charge in [0.15, 0.2) is 0 Å². The zero-order valence-electron chi connectivity index (χ0n) is 24.4. The van der Waals surface area contributed by atoms with Crippen molar-refractivity contribution in [3.63, 3.8) is 0 Å². The third-order valence-electron chi connectivity index (χ3n) is 9.85. The molecule has 0 saturated heterocycles. The summed E-state index contributed by atoms with van der Waals surface area (Å²) < 4.78 is 0. The van der Waals surface area contributed by atoms with Crippen LogP contribution in [0, 0.1) is 0 Å². The van der Waals surface area contributed by atoms with Gasteiger partial charge in [0.05, 0.1) is 0 Å². The third kappa shape index (κ3) is 3.44. The molecular weight excluding hydrogens is 516 g/mol. The van der Waals surface area contributed by atoms with E-state index >= 15 is 0 Å². The lowest BCUT2D eigenvalue weighted by atomic mass is 9.80. The summed E-state index contributed by atoms with van der Waals surface area (Å²) in [5, 5.41) is 7.92. The number of rotatable bonds is 3. The van der Waals surface area contributed by atoms with E-state index in [-0.39, 0.29) is 5.41 Å². The second-order valence-corrected chi connectivity index (χ2v) is 12.5. The maximum atomic E-state index is 2.46. The van der Waals surface area contributed by atoms with Gasteiger partial charge in [-0.2, -0.15) is 0 Å². The molecule has 1 aliphatic carbocycles. The predicted octanol–water partition coefficient (Wildman–Crippen LogP) is 11.9. The first-order valence-corrected chi connectivity index (χ1v) is 15.2. The van der Waals surface area contributed by atoms with Crippen molar-refractivity contribution in [3.05, 3.63) is 157 Å². The molecule has 202 valence electrons. The van der Waals surface area contributed by atoms with Gasteiger partial charge in [0.1, 0.15) is 0 Å². The minimum atomic E-state index is -0.0431. The summed E-state index contributed by atoms with van der Waals surface area (Å²) in [4.78, 5) is 0. The van der Waals surface area contributed by atoms with Crippen LogP contribution in [-0.4, -0.2) is 0 Å². The summed E-state index contributed by atoms with van der Waals surface area (Å²) in [5.74, 6) is 0. The van der Waals surface area contributed by atoms with E-state index in [0.29, 0.717) is 0 Å². The topological polar surface area (TPSA) is 0 Å². The van der Waals surface area contributed by atoms with Gasteiger partial charge < -0.3 is 0 Å². The summed E-state index contributed by atoms with van der Waals surface area (Å²) in [6, 6.07) is 54.1. The predicted molar refractivity (Wildman–Crippen MR) is 184 cm³/mol. The van der Waals surface area contributed by atoms with Gasteiger partial charge in [-0.15, -0.1) is 0 Å². The molecule has 0 N–H and O–H groups in total. The molecule has 0 bridgehead atoms. The molecule has 0 spiro atoms. The van der Waals surface area contributed by atoms with Gasteiger partial charge in [-0.3, -0.25) is 0 Å². The van der Waals surface area contributed by atoms with Gasteiger partial charge in [0.2, 0.25) is 0 Å². The zero-order chi connectivity index (χ0) is 28.7. The molecule has 0 unspecified atom stereocenters. The second-order valence-electron chi connectivity index (χ2n) is 12.5. The van der Waals surface area contributed by atoms with E-state index in [4.69, 9.17) is 0 Å². The van der Waals surface area contributed by atoms with E-state index in [0.717, 1.165) is 0 Å². The van der Waals surface area contributed by atoms with Gasteiger partial charge >= 0.3 is 0 Å². The van der Waals surface area contributed by atoms with Gasteiger partial charge in [-0.05, 0) is 100 Å². The van der Waals surface area contributed by atoms with Crippen molar-refractivity contribution in [2.24, 2.45) is 0 Å². The molecule has 1 aliphatic rings. The molecule has 8 aromatic rings.